The van der Waals surface area contributed by atoms with E-state index in [2.05, 4.69) is 12.1 Å². The van der Waals surface area contributed by atoms with Crippen LogP contribution in [0.1, 0.15) is 23.6 Å². The summed E-state index contributed by atoms with van der Waals surface area (Å²) in [5.74, 6) is 0.512. The van der Waals surface area contributed by atoms with Crippen LogP contribution in [0.5, 0.6) is 11.5 Å². The minimum atomic E-state index is -0.351. The average molecular weight is 455 g/mol. The molecule has 6 nitrogen and oxygen atoms in total. The lowest BCUT2D eigenvalue weighted by Gasteiger charge is -2.31. The Kier molecular flexibility index (Phi) is 5.80. The van der Waals surface area contributed by atoms with Crippen molar-refractivity contribution in [2.75, 3.05) is 25.2 Å². The summed E-state index contributed by atoms with van der Waals surface area (Å²) in [6.45, 7) is 3.54. The first-order valence-corrected chi connectivity index (χ1v) is 11.4. The van der Waals surface area contributed by atoms with Crippen molar-refractivity contribution < 1.29 is 19.1 Å². The van der Waals surface area contributed by atoms with Crippen LogP contribution in [-0.2, 0) is 22.6 Å². The summed E-state index contributed by atoms with van der Waals surface area (Å²) in [6.07, 6.45) is 0.812. The van der Waals surface area contributed by atoms with E-state index in [1.807, 2.05) is 42.2 Å². The summed E-state index contributed by atoms with van der Waals surface area (Å²) in [7, 11) is 1.60. The largest absolute Gasteiger partial charge is 0.497 e. The van der Waals surface area contributed by atoms with Gasteiger partial charge in [-0.25, -0.2) is 4.90 Å². The quantitative estimate of drug-likeness (QED) is 0.516. The van der Waals surface area contributed by atoms with Crippen LogP contribution in [0.3, 0.4) is 0 Å². The average Bonchev–Trinajstić information content (AvgIpc) is 3.14. The number of benzene rings is 3. The van der Waals surface area contributed by atoms with Crippen molar-refractivity contribution in [2.24, 2.45) is 0 Å². The van der Waals surface area contributed by atoms with Gasteiger partial charge in [0.25, 0.3) is 11.8 Å². The van der Waals surface area contributed by atoms with E-state index in [4.69, 9.17) is 9.47 Å². The molecular formula is C28H26N2O4. The molecule has 0 bridgehead atoms. The van der Waals surface area contributed by atoms with Gasteiger partial charge in [0.1, 0.15) is 17.2 Å². The smallest absolute Gasteiger partial charge is 0.282 e. The molecule has 0 aromatic heterocycles. The number of hydrogen-bond donors (Lipinski definition) is 0. The summed E-state index contributed by atoms with van der Waals surface area (Å²) in [6, 6.07) is 22.7. The minimum Gasteiger partial charge on any atom is -0.497 e. The van der Waals surface area contributed by atoms with Crippen LogP contribution in [0, 0.1) is 0 Å². The molecule has 34 heavy (non-hydrogen) atoms. The lowest BCUT2D eigenvalue weighted by Crippen LogP contribution is -2.37. The van der Waals surface area contributed by atoms with Crippen molar-refractivity contribution in [1.82, 2.24) is 4.90 Å². The zero-order chi connectivity index (χ0) is 23.7. The number of rotatable bonds is 6. The van der Waals surface area contributed by atoms with Gasteiger partial charge >= 0.3 is 0 Å². The van der Waals surface area contributed by atoms with Crippen LogP contribution in [0.4, 0.5) is 5.69 Å². The molecule has 0 fully saturated rings. The number of hydrogen-bond acceptors (Lipinski definition) is 5. The van der Waals surface area contributed by atoms with E-state index in [9.17, 15) is 9.59 Å². The normalized spacial score (nSPS) is 15.6. The van der Waals surface area contributed by atoms with E-state index in [-0.39, 0.29) is 11.8 Å². The second-order valence-electron chi connectivity index (χ2n) is 8.24. The molecule has 0 N–H and O–H groups in total. The van der Waals surface area contributed by atoms with Crippen molar-refractivity contribution in [3.8, 4) is 11.5 Å². The van der Waals surface area contributed by atoms with Crippen molar-refractivity contribution in [3.05, 3.63) is 95.2 Å². The zero-order valence-corrected chi connectivity index (χ0v) is 19.3. The zero-order valence-electron chi connectivity index (χ0n) is 19.3. The summed E-state index contributed by atoms with van der Waals surface area (Å²) < 4.78 is 11.0. The number of fused-ring (bicyclic) bond motifs is 1. The maximum absolute atomic E-state index is 13.9. The summed E-state index contributed by atoms with van der Waals surface area (Å²) in [5, 5.41) is 0. The van der Waals surface area contributed by atoms with Crippen LogP contribution < -0.4 is 14.4 Å². The van der Waals surface area contributed by atoms with Gasteiger partial charge in [0.2, 0.25) is 0 Å². The Labute approximate surface area is 199 Å². The van der Waals surface area contributed by atoms with Gasteiger partial charge in [-0.1, -0.05) is 48.5 Å². The van der Waals surface area contributed by atoms with Gasteiger partial charge in [0, 0.05) is 13.1 Å². The molecule has 0 aliphatic carbocycles. The third kappa shape index (κ3) is 3.71. The summed E-state index contributed by atoms with van der Waals surface area (Å²) in [4.78, 5) is 31.1. The molecule has 2 amide bonds. The van der Waals surface area contributed by atoms with E-state index < -0.39 is 0 Å². The molecule has 0 unspecified atom stereocenters. The van der Waals surface area contributed by atoms with Gasteiger partial charge in [-0.3, -0.25) is 9.59 Å². The number of carbonyl (C=O) groups is 2. The monoisotopic (exact) mass is 454 g/mol. The number of anilines is 1. The van der Waals surface area contributed by atoms with E-state index in [1.165, 1.54) is 16.0 Å². The Bertz CT molecular complexity index is 1280. The summed E-state index contributed by atoms with van der Waals surface area (Å²) in [5.41, 5.74) is 4.42. The number of carbonyl (C=O) groups excluding carboxylic acids is 2. The van der Waals surface area contributed by atoms with E-state index in [0.29, 0.717) is 53.7 Å². The van der Waals surface area contributed by atoms with Crippen LogP contribution >= 0.6 is 0 Å². The van der Waals surface area contributed by atoms with Crippen molar-refractivity contribution in [3.63, 3.8) is 0 Å². The molecular weight excluding hydrogens is 428 g/mol. The molecule has 0 saturated heterocycles. The molecule has 172 valence electrons. The van der Waals surface area contributed by atoms with Gasteiger partial charge in [0.05, 0.1) is 25.0 Å². The molecule has 0 atom stereocenters. The van der Waals surface area contributed by atoms with Crippen LogP contribution in [0.15, 0.2) is 78.5 Å². The number of methoxy groups -OCH3 is 1. The van der Waals surface area contributed by atoms with Gasteiger partial charge in [-0.2, -0.15) is 0 Å². The van der Waals surface area contributed by atoms with Crippen LogP contribution in [0.2, 0.25) is 0 Å². The first-order chi connectivity index (χ1) is 16.6. The molecule has 2 heterocycles. The van der Waals surface area contributed by atoms with Crippen molar-refractivity contribution >= 4 is 23.1 Å². The first kappa shape index (κ1) is 21.8. The predicted molar refractivity (Wildman–Crippen MR) is 131 cm³/mol. The Balaban J connectivity index is 1.62. The van der Waals surface area contributed by atoms with Gasteiger partial charge < -0.3 is 14.4 Å². The maximum Gasteiger partial charge on any atom is 0.282 e. The molecule has 5 rings (SSSR count). The van der Waals surface area contributed by atoms with Crippen LogP contribution in [0.25, 0.3) is 5.57 Å². The number of para-hydroxylation sites is 2. The number of amides is 2. The molecule has 2 aliphatic heterocycles. The fraction of sp³-hybridized carbons (Fsp3) is 0.214. The van der Waals surface area contributed by atoms with E-state index in [1.54, 1.807) is 37.4 Å². The fourth-order valence-corrected chi connectivity index (χ4v) is 4.65. The minimum absolute atomic E-state index is 0.331. The first-order valence-electron chi connectivity index (χ1n) is 11.4. The highest BCUT2D eigenvalue weighted by Crippen LogP contribution is 2.40. The lowest BCUT2D eigenvalue weighted by molar-refractivity contribution is -0.120. The van der Waals surface area contributed by atoms with E-state index >= 15 is 0 Å². The molecule has 0 saturated carbocycles. The molecule has 6 heteroatoms. The fourth-order valence-electron chi connectivity index (χ4n) is 4.65. The molecule has 0 spiro atoms. The second kappa shape index (κ2) is 9.06. The highest BCUT2D eigenvalue weighted by molar-refractivity contribution is 6.45. The number of imide groups is 1. The van der Waals surface area contributed by atoms with E-state index in [0.717, 1.165) is 6.42 Å². The third-order valence-electron chi connectivity index (χ3n) is 6.29. The van der Waals surface area contributed by atoms with Gasteiger partial charge in [-0.05, 0) is 54.3 Å². The van der Waals surface area contributed by atoms with Crippen molar-refractivity contribution in [1.29, 1.82) is 0 Å². The number of ether oxygens (including phenoxy) is 2. The SMILES string of the molecule is CCOc1ccccc1N1C(=O)C(c2ccc(OC)cc2)=C(N2CCc3ccccc3C2)C1=O. The second-order valence-corrected chi connectivity index (χ2v) is 8.24. The van der Waals surface area contributed by atoms with Crippen LogP contribution in [-0.4, -0.2) is 37.0 Å². The highest BCUT2D eigenvalue weighted by Gasteiger charge is 2.44. The Morgan fingerprint density at radius 2 is 1.56 bits per heavy atom. The molecule has 2 aliphatic rings. The van der Waals surface area contributed by atoms with Gasteiger partial charge in [-0.15, -0.1) is 0 Å². The third-order valence-corrected chi connectivity index (χ3v) is 6.29. The predicted octanol–water partition coefficient (Wildman–Crippen LogP) is 4.44. The standard InChI is InChI=1S/C28H26N2O4/c1-3-34-24-11-7-6-10-23(24)30-27(31)25(20-12-14-22(33-2)15-13-20)26(28(30)32)29-17-16-19-8-4-5-9-21(19)18-29/h4-15H,3,16-18H2,1-2H3. The Morgan fingerprint density at radius 3 is 2.29 bits per heavy atom. The van der Waals surface area contributed by atoms with Crippen molar-refractivity contribution in [2.45, 2.75) is 19.9 Å². The molecule has 3 aromatic rings. The topological polar surface area (TPSA) is 59.1 Å². The Hall–Kier alpha value is -4.06. The highest BCUT2D eigenvalue weighted by atomic mass is 16.5. The number of nitrogens with zero attached hydrogens (tertiary/aromatic N) is 2. The summed E-state index contributed by atoms with van der Waals surface area (Å²) >= 11 is 0. The molecule has 0 radical (unpaired) electrons. The lowest BCUT2D eigenvalue weighted by atomic mass is 9.98. The molecule has 3 aromatic carbocycles. The maximum atomic E-state index is 13.9. The van der Waals surface area contributed by atoms with Gasteiger partial charge in [0.15, 0.2) is 0 Å². The Morgan fingerprint density at radius 1 is 0.853 bits per heavy atom.